The van der Waals surface area contributed by atoms with Crippen molar-refractivity contribution in [1.82, 2.24) is 4.98 Å². The van der Waals surface area contributed by atoms with Gasteiger partial charge in [0.1, 0.15) is 6.61 Å². The van der Waals surface area contributed by atoms with E-state index in [1.165, 1.54) is 7.11 Å². The molecule has 3 aromatic rings. The fourth-order valence-corrected chi connectivity index (χ4v) is 3.95. The van der Waals surface area contributed by atoms with Gasteiger partial charge in [-0.2, -0.15) is 0 Å². The standard InChI is InChI=1S/C27H28ClNO6/c1-6-33-26(30)23-16(3)29-17(4)24(27(31)34-7-2)25(23)18-12-13-21(22(14-18)32-5)35-15-19-10-8-9-11-20(19)28/h8-14H,6-7,15H2,1-5H3. The smallest absolute Gasteiger partial charge is 0.340 e. The van der Waals surface area contributed by atoms with E-state index < -0.39 is 11.9 Å². The summed E-state index contributed by atoms with van der Waals surface area (Å²) in [5.41, 5.74) is 3.06. The van der Waals surface area contributed by atoms with Gasteiger partial charge in [0.2, 0.25) is 0 Å². The minimum atomic E-state index is -0.573. The molecule has 0 N–H and O–H groups in total. The molecule has 0 spiro atoms. The third-order valence-corrected chi connectivity index (χ3v) is 5.68. The Bertz CT molecular complexity index is 1200. The Labute approximate surface area is 209 Å². The summed E-state index contributed by atoms with van der Waals surface area (Å²) < 4.78 is 22.1. The molecule has 0 radical (unpaired) electrons. The lowest BCUT2D eigenvalue weighted by molar-refractivity contribution is 0.0525. The summed E-state index contributed by atoms with van der Waals surface area (Å²) in [7, 11) is 1.52. The monoisotopic (exact) mass is 497 g/mol. The predicted molar refractivity (Wildman–Crippen MR) is 133 cm³/mol. The Morgan fingerprint density at radius 2 is 1.49 bits per heavy atom. The number of carbonyl (C=O) groups is 2. The van der Waals surface area contributed by atoms with Gasteiger partial charge in [0, 0.05) is 16.1 Å². The summed E-state index contributed by atoms with van der Waals surface area (Å²) in [5, 5.41) is 0.601. The molecule has 3 rings (SSSR count). The summed E-state index contributed by atoms with van der Waals surface area (Å²) in [6, 6.07) is 12.6. The number of aromatic nitrogens is 1. The molecule has 0 fully saturated rings. The number of rotatable bonds is 9. The lowest BCUT2D eigenvalue weighted by Crippen LogP contribution is -2.17. The SMILES string of the molecule is CCOC(=O)c1c(C)nc(C)c(C(=O)OCC)c1-c1ccc(OCc2ccccc2Cl)c(OC)c1. The van der Waals surface area contributed by atoms with E-state index >= 15 is 0 Å². The van der Waals surface area contributed by atoms with Crippen molar-refractivity contribution in [3.8, 4) is 22.6 Å². The Kier molecular flexibility index (Phi) is 8.71. The first kappa shape index (κ1) is 26.0. The molecule has 2 aromatic carbocycles. The third-order valence-electron chi connectivity index (χ3n) is 5.31. The maximum atomic E-state index is 12.9. The van der Waals surface area contributed by atoms with Crippen LogP contribution in [0.5, 0.6) is 11.5 Å². The first-order chi connectivity index (χ1) is 16.8. The van der Waals surface area contributed by atoms with Gasteiger partial charge in [0.25, 0.3) is 0 Å². The van der Waals surface area contributed by atoms with E-state index in [4.69, 9.17) is 30.5 Å². The molecule has 1 aromatic heterocycles. The molecule has 0 unspecified atom stereocenters. The van der Waals surface area contributed by atoms with E-state index in [0.29, 0.717) is 39.0 Å². The molecular formula is C27H28ClNO6. The van der Waals surface area contributed by atoms with Crippen LogP contribution in [0.1, 0.15) is 51.5 Å². The molecule has 0 saturated heterocycles. The number of esters is 2. The second-order valence-corrected chi connectivity index (χ2v) is 8.00. The van der Waals surface area contributed by atoms with Crippen LogP contribution in [-0.2, 0) is 16.1 Å². The number of hydrogen-bond acceptors (Lipinski definition) is 7. The molecule has 0 atom stereocenters. The lowest BCUT2D eigenvalue weighted by Gasteiger charge is -2.19. The first-order valence-corrected chi connectivity index (χ1v) is 11.6. The molecule has 0 aliphatic carbocycles. The van der Waals surface area contributed by atoms with Gasteiger partial charge < -0.3 is 18.9 Å². The Balaban J connectivity index is 2.14. The van der Waals surface area contributed by atoms with Crippen LogP contribution in [0.2, 0.25) is 5.02 Å². The van der Waals surface area contributed by atoms with Crippen LogP contribution in [0.3, 0.4) is 0 Å². The fraction of sp³-hybridized carbons (Fsp3) is 0.296. The first-order valence-electron chi connectivity index (χ1n) is 11.2. The van der Waals surface area contributed by atoms with Gasteiger partial charge in [-0.15, -0.1) is 0 Å². The maximum Gasteiger partial charge on any atom is 0.340 e. The van der Waals surface area contributed by atoms with Gasteiger partial charge in [-0.25, -0.2) is 9.59 Å². The molecule has 0 aliphatic rings. The summed E-state index contributed by atoms with van der Waals surface area (Å²) in [6.07, 6.45) is 0. The molecular weight excluding hydrogens is 470 g/mol. The van der Waals surface area contributed by atoms with Crippen molar-refractivity contribution in [2.45, 2.75) is 34.3 Å². The highest BCUT2D eigenvalue weighted by atomic mass is 35.5. The molecule has 0 saturated carbocycles. The van der Waals surface area contributed by atoms with Crippen LogP contribution < -0.4 is 9.47 Å². The van der Waals surface area contributed by atoms with Crippen molar-refractivity contribution >= 4 is 23.5 Å². The number of pyridine rings is 1. The topological polar surface area (TPSA) is 84.0 Å². The number of carbonyl (C=O) groups excluding carboxylic acids is 2. The van der Waals surface area contributed by atoms with Crippen LogP contribution in [0.15, 0.2) is 42.5 Å². The quantitative estimate of drug-likeness (QED) is 0.337. The fourth-order valence-electron chi connectivity index (χ4n) is 3.76. The zero-order valence-electron chi connectivity index (χ0n) is 20.4. The largest absolute Gasteiger partial charge is 0.493 e. The van der Waals surface area contributed by atoms with Crippen molar-refractivity contribution in [2.24, 2.45) is 0 Å². The minimum Gasteiger partial charge on any atom is -0.493 e. The third kappa shape index (κ3) is 5.74. The highest BCUT2D eigenvalue weighted by Gasteiger charge is 2.28. The van der Waals surface area contributed by atoms with Crippen LogP contribution >= 0.6 is 11.6 Å². The van der Waals surface area contributed by atoms with E-state index in [-0.39, 0.29) is 30.9 Å². The molecule has 7 nitrogen and oxygen atoms in total. The number of aryl methyl sites for hydroxylation is 2. The number of halogens is 1. The summed E-state index contributed by atoms with van der Waals surface area (Å²) >= 11 is 6.24. The lowest BCUT2D eigenvalue weighted by atomic mass is 9.92. The molecule has 1 heterocycles. The number of nitrogens with zero attached hydrogens (tertiary/aromatic N) is 1. The van der Waals surface area contributed by atoms with E-state index in [1.807, 2.05) is 18.2 Å². The summed E-state index contributed by atoms with van der Waals surface area (Å²) in [5.74, 6) is -0.243. The Morgan fingerprint density at radius 1 is 0.886 bits per heavy atom. The van der Waals surface area contributed by atoms with Gasteiger partial charge in [0.05, 0.1) is 42.8 Å². The number of methoxy groups -OCH3 is 1. The van der Waals surface area contributed by atoms with E-state index in [9.17, 15) is 9.59 Å². The van der Waals surface area contributed by atoms with E-state index in [1.54, 1.807) is 52.0 Å². The van der Waals surface area contributed by atoms with Crippen LogP contribution in [0.25, 0.3) is 11.1 Å². The van der Waals surface area contributed by atoms with Gasteiger partial charge in [-0.1, -0.05) is 35.9 Å². The number of hydrogen-bond donors (Lipinski definition) is 0. The highest BCUT2D eigenvalue weighted by Crippen LogP contribution is 2.38. The molecule has 184 valence electrons. The molecule has 0 amide bonds. The zero-order valence-corrected chi connectivity index (χ0v) is 21.2. The van der Waals surface area contributed by atoms with Gasteiger partial charge in [-0.3, -0.25) is 4.98 Å². The van der Waals surface area contributed by atoms with E-state index in [2.05, 4.69) is 4.98 Å². The molecule has 8 heteroatoms. The predicted octanol–water partition coefficient (Wildman–Crippen LogP) is 5.96. The average molecular weight is 498 g/mol. The van der Waals surface area contributed by atoms with Crippen molar-refractivity contribution < 1.29 is 28.5 Å². The number of ether oxygens (including phenoxy) is 4. The Hall–Kier alpha value is -3.58. The zero-order chi connectivity index (χ0) is 25.5. The van der Waals surface area contributed by atoms with Crippen LogP contribution in [0.4, 0.5) is 0 Å². The highest BCUT2D eigenvalue weighted by molar-refractivity contribution is 6.31. The van der Waals surface area contributed by atoms with Crippen LogP contribution in [0, 0.1) is 13.8 Å². The van der Waals surface area contributed by atoms with Gasteiger partial charge in [0.15, 0.2) is 11.5 Å². The van der Waals surface area contributed by atoms with E-state index in [0.717, 1.165) is 5.56 Å². The summed E-state index contributed by atoms with van der Waals surface area (Å²) in [4.78, 5) is 30.3. The number of benzene rings is 2. The normalized spacial score (nSPS) is 10.6. The van der Waals surface area contributed by atoms with Gasteiger partial charge in [-0.05, 0) is 51.5 Å². The molecule has 0 bridgehead atoms. The minimum absolute atomic E-state index is 0.179. The van der Waals surface area contributed by atoms with Crippen molar-refractivity contribution in [3.05, 3.63) is 75.6 Å². The maximum absolute atomic E-state index is 12.9. The van der Waals surface area contributed by atoms with Crippen molar-refractivity contribution in [1.29, 1.82) is 0 Å². The average Bonchev–Trinajstić information content (AvgIpc) is 2.83. The second kappa shape index (κ2) is 11.7. The molecule has 35 heavy (non-hydrogen) atoms. The molecule has 0 aliphatic heterocycles. The van der Waals surface area contributed by atoms with Crippen molar-refractivity contribution in [3.63, 3.8) is 0 Å². The summed E-state index contributed by atoms with van der Waals surface area (Å²) in [6.45, 7) is 7.44. The second-order valence-electron chi connectivity index (χ2n) is 7.59. The van der Waals surface area contributed by atoms with Gasteiger partial charge >= 0.3 is 11.9 Å². The van der Waals surface area contributed by atoms with Crippen LogP contribution in [-0.4, -0.2) is 37.2 Å². The van der Waals surface area contributed by atoms with Crippen molar-refractivity contribution in [2.75, 3.05) is 20.3 Å². The Morgan fingerprint density at radius 3 is 2.03 bits per heavy atom.